The summed E-state index contributed by atoms with van der Waals surface area (Å²) in [4.78, 5) is 0. The van der Waals surface area contributed by atoms with Gasteiger partial charge in [0, 0.05) is 6.54 Å². The van der Waals surface area contributed by atoms with E-state index in [1.807, 2.05) is 7.05 Å². The Bertz CT molecular complexity index is 287. The molecule has 1 nitrogen and oxygen atoms in total. The Morgan fingerprint density at radius 3 is 2.79 bits per heavy atom. The summed E-state index contributed by atoms with van der Waals surface area (Å²) >= 11 is 0. The van der Waals surface area contributed by atoms with Crippen molar-refractivity contribution in [2.24, 2.45) is 0 Å². The third kappa shape index (κ3) is 2.16. The van der Waals surface area contributed by atoms with Crippen LogP contribution in [0.5, 0.6) is 0 Å². The van der Waals surface area contributed by atoms with Crippen molar-refractivity contribution >= 4 is 0 Å². The molecule has 14 heavy (non-hydrogen) atoms. The second-order valence-electron chi connectivity index (χ2n) is 4.26. The fourth-order valence-corrected chi connectivity index (χ4v) is 2.42. The van der Waals surface area contributed by atoms with E-state index in [2.05, 4.69) is 29.6 Å². The first-order valence-electron chi connectivity index (χ1n) is 5.63. The summed E-state index contributed by atoms with van der Waals surface area (Å²) in [5.74, 6) is 0.840. The number of hydrogen-bond donors (Lipinski definition) is 1. The first-order chi connectivity index (χ1) is 6.90. The summed E-state index contributed by atoms with van der Waals surface area (Å²) in [6.45, 7) is 0.987. The molecule has 1 aliphatic rings. The molecule has 0 unspecified atom stereocenters. The van der Waals surface area contributed by atoms with Gasteiger partial charge in [-0.15, -0.1) is 0 Å². The van der Waals surface area contributed by atoms with Crippen LogP contribution in [0, 0.1) is 0 Å². The predicted molar refractivity (Wildman–Crippen MR) is 60.4 cm³/mol. The molecule has 2 rings (SSSR count). The van der Waals surface area contributed by atoms with Crippen molar-refractivity contribution in [1.29, 1.82) is 0 Å². The SMILES string of the molecule is CNCc1cccc(C2CCCC2)c1. The maximum absolute atomic E-state index is 3.20. The molecular formula is C13H19N. The van der Waals surface area contributed by atoms with Gasteiger partial charge in [-0.05, 0) is 36.9 Å². The molecule has 0 atom stereocenters. The van der Waals surface area contributed by atoms with E-state index in [0.717, 1.165) is 12.5 Å². The van der Waals surface area contributed by atoms with Crippen LogP contribution in [0.2, 0.25) is 0 Å². The second-order valence-corrected chi connectivity index (χ2v) is 4.26. The number of rotatable bonds is 3. The topological polar surface area (TPSA) is 12.0 Å². The van der Waals surface area contributed by atoms with E-state index in [1.54, 1.807) is 5.56 Å². The van der Waals surface area contributed by atoms with Crippen molar-refractivity contribution in [2.75, 3.05) is 7.05 Å². The first-order valence-corrected chi connectivity index (χ1v) is 5.63. The average Bonchev–Trinajstić information content (AvgIpc) is 2.71. The monoisotopic (exact) mass is 189 g/mol. The zero-order chi connectivity index (χ0) is 9.80. The highest BCUT2D eigenvalue weighted by Gasteiger charge is 2.16. The van der Waals surface area contributed by atoms with Gasteiger partial charge < -0.3 is 5.32 Å². The molecule has 0 amide bonds. The minimum atomic E-state index is 0.840. The highest BCUT2D eigenvalue weighted by molar-refractivity contribution is 5.26. The zero-order valence-electron chi connectivity index (χ0n) is 8.92. The van der Waals surface area contributed by atoms with Crippen LogP contribution in [-0.4, -0.2) is 7.05 Å². The first kappa shape index (κ1) is 9.72. The standard InChI is InChI=1S/C13H19N/c1-14-10-11-5-4-8-13(9-11)12-6-2-3-7-12/h4-5,8-9,12,14H,2-3,6-7,10H2,1H3. The third-order valence-electron chi connectivity index (χ3n) is 3.16. The number of hydrogen-bond acceptors (Lipinski definition) is 1. The lowest BCUT2D eigenvalue weighted by Gasteiger charge is -2.10. The number of nitrogens with one attached hydrogen (secondary N) is 1. The summed E-state index contributed by atoms with van der Waals surface area (Å²) in [7, 11) is 2.00. The van der Waals surface area contributed by atoms with Crippen molar-refractivity contribution in [3.63, 3.8) is 0 Å². The molecule has 1 aromatic rings. The van der Waals surface area contributed by atoms with Gasteiger partial charge in [0.25, 0.3) is 0 Å². The fraction of sp³-hybridized carbons (Fsp3) is 0.538. The van der Waals surface area contributed by atoms with Gasteiger partial charge in [-0.2, -0.15) is 0 Å². The van der Waals surface area contributed by atoms with Crippen molar-refractivity contribution in [3.8, 4) is 0 Å². The van der Waals surface area contributed by atoms with Crippen LogP contribution in [0.1, 0.15) is 42.7 Å². The van der Waals surface area contributed by atoms with Crippen molar-refractivity contribution in [2.45, 2.75) is 38.1 Å². The minimum Gasteiger partial charge on any atom is -0.316 e. The smallest absolute Gasteiger partial charge is 0.0202 e. The summed E-state index contributed by atoms with van der Waals surface area (Å²) in [5, 5.41) is 3.20. The van der Waals surface area contributed by atoms with Gasteiger partial charge in [-0.3, -0.25) is 0 Å². The molecule has 0 saturated heterocycles. The zero-order valence-corrected chi connectivity index (χ0v) is 8.92. The number of benzene rings is 1. The van der Waals surface area contributed by atoms with Crippen molar-refractivity contribution in [3.05, 3.63) is 35.4 Å². The molecule has 1 aromatic carbocycles. The molecule has 0 bridgehead atoms. The molecule has 1 N–H and O–H groups in total. The fourth-order valence-electron chi connectivity index (χ4n) is 2.42. The van der Waals surface area contributed by atoms with E-state index < -0.39 is 0 Å². The van der Waals surface area contributed by atoms with Gasteiger partial charge in [-0.1, -0.05) is 37.1 Å². The van der Waals surface area contributed by atoms with Crippen LogP contribution >= 0.6 is 0 Å². The van der Waals surface area contributed by atoms with E-state index in [1.165, 1.54) is 31.2 Å². The molecule has 0 aliphatic heterocycles. The Hall–Kier alpha value is -0.820. The quantitative estimate of drug-likeness (QED) is 0.770. The normalized spacial score (nSPS) is 17.5. The van der Waals surface area contributed by atoms with Gasteiger partial charge in [0.2, 0.25) is 0 Å². The maximum Gasteiger partial charge on any atom is 0.0202 e. The van der Waals surface area contributed by atoms with Gasteiger partial charge in [-0.25, -0.2) is 0 Å². The van der Waals surface area contributed by atoms with E-state index in [0.29, 0.717) is 0 Å². The molecule has 1 saturated carbocycles. The lowest BCUT2D eigenvalue weighted by molar-refractivity contribution is 0.719. The van der Waals surface area contributed by atoms with Crippen LogP contribution < -0.4 is 5.32 Å². The molecule has 0 radical (unpaired) electrons. The van der Waals surface area contributed by atoms with Crippen molar-refractivity contribution in [1.82, 2.24) is 5.32 Å². The molecule has 1 heteroatoms. The van der Waals surface area contributed by atoms with E-state index in [4.69, 9.17) is 0 Å². The van der Waals surface area contributed by atoms with E-state index >= 15 is 0 Å². The molecular weight excluding hydrogens is 170 g/mol. The Labute approximate surface area is 86.5 Å². The third-order valence-corrected chi connectivity index (χ3v) is 3.16. The lowest BCUT2D eigenvalue weighted by atomic mass is 9.96. The Morgan fingerprint density at radius 1 is 1.29 bits per heavy atom. The van der Waals surface area contributed by atoms with E-state index in [9.17, 15) is 0 Å². The average molecular weight is 189 g/mol. The molecule has 76 valence electrons. The summed E-state index contributed by atoms with van der Waals surface area (Å²) in [6.07, 6.45) is 5.62. The largest absolute Gasteiger partial charge is 0.316 e. The van der Waals surface area contributed by atoms with E-state index in [-0.39, 0.29) is 0 Å². The Kier molecular flexibility index (Phi) is 3.20. The molecule has 0 spiro atoms. The van der Waals surface area contributed by atoms with Gasteiger partial charge in [0.05, 0.1) is 0 Å². The van der Waals surface area contributed by atoms with Crippen molar-refractivity contribution < 1.29 is 0 Å². The predicted octanol–water partition coefficient (Wildman–Crippen LogP) is 3.06. The molecule has 0 heterocycles. The molecule has 0 aromatic heterocycles. The lowest BCUT2D eigenvalue weighted by Crippen LogP contribution is -2.05. The van der Waals surface area contributed by atoms with Gasteiger partial charge in [0.1, 0.15) is 0 Å². The highest BCUT2D eigenvalue weighted by Crippen LogP contribution is 2.34. The maximum atomic E-state index is 3.20. The van der Waals surface area contributed by atoms with Crippen LogP contribution in [0.25, 0.3) is 0 Å². The second kappa shape index (κ2) is 4.61. The molecule has 1 aliphatic carbocycles. The van der Waals surface area contributed by atoms with Crippen LogP contribution in [0.3, 0.4) is 0 Å². The summed E-state index contributed by atoms with van der Waals surface area (Å²) in [5.41, 5.74) is 2.96. The van der Waals surface area contributed by atoms with Gasteiger partial charge >= 0.3 is 0 Å². The summed E-state index contributed by atoms with van der Waals surface area (Å²) in [6, 6.07) is 9.05. The highest BCUT2D eigenvalue weighted by atomic mass is 14.8. The summed E-state index contributed by atoms with van der Waals surface area (Å²) < 4.78 is 0. The minimum absolute atomic E-state index is 0.840. The van der Waals surface area contributed by atoms with Crippen LogP contribution in [0.4, 0.5) is 0 Å². The Balaban J connectivity index is 2.12. The Morgan fingerprint density at radius 2 is 2.07 bits per heavy atom. The van der Waals surface area contributed by atoms with Crippen LogP contribution in [0.15, 0.2) is 24.3 Å². The van der Waals surface area contributed by atoms with Gasteiger partial charge in [0.15, 0.2) is 0 Å². The molecule has 1 fully saturated rings. The van der Waals surface area contributed by atoms with Crippen LogP contribution in [-0.2, 0) is 6.54 Å².